The van der Waals surface area contributed by atoms with Gasteiger partial charge in [-0.1, -0.05) is 0 Å². The lowest BCUT2D eigenvalue weighted by Gasteiger charge is -2.40. The minimum atomic E-state index is 0.587. The predicted octanol–water partition coefficient (Wildman–Crippen LogP) is 1.68. The molecule has 0 spiro atoms. The molecule has 0 saturated carbocycles. The molecule has 1 fully saturated rings. The van der Waals surface area contributed by atoms with Crippen LogP contribution >= 0.6 is 0 Å². The van der Waals surface area contributed by atoms with E-state index in [9.17, 15) is 0 Å². The van der Waals surface area contributed by atoms with Crippen LogP contribution in [0.25, 0.3) is 5.52 Å². The Labute approximate surface area is 134 Å². The maximum atomic E-state index is 4.43. The summed E-state index contributed by atoms with van der Waals surface area (Å²) in [5.41, 5.74) is 2.96. The van der Waals surface area contributed by atoms with Crippen LogP contribution in [0.1, 0.15) is 11.4 Å². The van der Waals surface area contributed by atoms with Crippen LogP contribution < -0.4 is 10.2 Å². The summed E-state index contributed by atoms with van der Waals surface area (Å²) >= 11 is 0. The van der Waals surface area contributed by atoms with E-state index in [2.05, 4.69) is 30.5 Å². The van der Waals surface area contributed by atoms with Crippen molar-refractivity contribution >= 4 is 17.2 Å². The summed E-state index contributed by atoms with van der Waals surface area (Å²) in [6, 6.07) is 6.08. The zero-order valence-electron chi connectivity index (χ0n) is 13.3. The molecule has 1 aliphatic rings. The molecule has 4 rings (SSSR count). The van der Waals surface area contributed by atoms with Crippen molar-refractivity contribution in [2.75, 3.05) is 29.9 Å². The summed E-state index contributed by atoms with van der Waals surface area (Å²) in [6.07, 6.45) is 3.64. The number of nitrogens with zero attached hydrogens (tertiary/aromatic N) is 6. The van der Waals surface area contributed by atoms with Gasteiger partial charge in [0.05, 0.1) is 11.4 Å². The normalized spacial score (nSPS) is 15.0. The summed E-state index contributed by atoms with van der Waals surface area (Å²) in [5.74, 6) is 2.43. The molecule has 1 saturated heterocycles. The second-order valence-corrected chi connectivity index (χ2v) is 6.08. The van der Waals surface area contributed by atoms with Crippen molar-refractivity contribution < 1.29 is 0 Å². The Bertz CT molecular complexity index is 818. The Morgan fingerprint density at radius 1 is 1.17 bits per heavy atom. The van der Waals surface area contributed by atoms with Crippen LogP contribution in [0.5, 0.6) is 0 Å². The Morgan fingerprint density at radius 3 is 2.83 bits per heavy atom. The van der Waals surface area contributed by atoms with Gasteiger partial charge < -0.3 is 10.2 Å². The van der Waals surface area contributed by atoms with Gasteiger partial charge in [-0.3, -0.25) is 0 Å². The van der Waals surface area contributed by atoms with Crippen molar-refractivity contribution in [1.82, 2.24) is 24.8 Å². The summed E-state index contributed by atoms with van der Waals surface area (Å²) in [7, 11) is 0. The monoisotopic (exact) mass is 309 g/mol. The fourth-order valence-electron chi connectivity index (χ4n) is 2.87. The molecule has 0 amide bonds. The zero-order chi connectivity index (χ0) is 15.8. The van der Waals surface area contributed by atoms with E-state index in [0.717, 1.165) is 48.2 Å². The first-order valence-electron chi connectivity index (χ1n) is 7.79. The van der Waals surface area contributed by atoms with E-state index in [1.54, 1.807) is 6.20 Å². The van der Waals surface area contributed by atoms with E-state index in [-0.39, 0.29) is 0 Å². The molecule has 3 aromatic heterocycles. The van der Waals surface area contributed by atoms with Crippen molar-refractivity contribution in [1.29, 1.82) is 0 Å². The minimum Gasteiger partial charge on any atom is -0.368 e. The zero-order valence-corrected chi connectivity index (χ0v) is 13.3. The highest BCUT2D eigenvalue weighted by Gasteiger charge is 2.27. The highest BCUT2D eigenvalue weighted by atomic mass is 15.3. The van der Waals surface area contributed by atoms with E-state index in [4.69, 9.17) is 0 Å². The van der Waals surface area contributed by atoms with Gasteiger partial charge in [-0.25, -0.2) is 9.50 Å². The Morgan fingerprint density at radius 2 is 2.04 bits per heavy atom. The third kappa shape index (κ3) is 2.69. The molecule has 7 heteroatoms. The smallest absolute Gasteiger partial charge is 0.152 e. The highest BCUT2D eigenvalue weighted by Crippen LogP contribution is 2.23. The van der Waals surface area contributed by atoms with Crippen LogP contribution in [0, 0.1) is 19.8 Å². The number of anilines is 2. The van der Waals surface area contributed by atoms with Crippen LogP contribution in [0.3, 0.4) is 0 Å². The second-order valence-electron chi connectivity index (χ2n) is 6.08. The fraction of sp³-hybridized carbons (Fsp3) is 0.375. The maximum Gasteiger partial charge on any atom is 0.152 e. The lowest BCUT2D eigenvalue weighted by molar-refractivity contribution is 0.425. The van der Waals surface area contributed by atoms with Gasteiger partial charge in [-0.05, 0) is 32.0 Å². The third-order valence-corrected chi connectivity index (χ3v) is 4.14. The van der Waals surface area contributed by atoms with Crippen molar-refractivity contribution in [2.45, 2.75) is 13.8 Å². The number of fused-ring (bicyclic) bond motifs is 1. The number of nitrogens with one attached hydrogen (secondary N) is 1. The molecule has 0 radical (unpaired) electrons. The van der Waals surface area contributed by atoms with Crippen LogP contribution in [0.15, 0.2) is 30.6 Å². The standard InChI is InChI=1S/C16H19N7/c1-11-3-4-15(20-19-11)22-9-13(10-22)8-18-16-14-7-12(2)21-23(14)6-5-17-16/h3-7,13H,8-10H2,1-2H3,(H,17,18). The Balaban J connectivity index is 1.36. The van der Waals surface area contributed by atoms with Gasteiger partial charge in [0, 0.05) is 37.9 Å². The van der Waals surface area contributed by atoms with Crippen molar-refractivity contribution in [3.63, 3.8) is 0 Å². The lowest BCUT2D eigenvalue weighted by Crippen LogP contribution is -2.50. The molecule has 7 nitrogen and oxygen atoms in total. The van der Waals surface area contributed by atoms with Crippen molar-refractivity contribution in [3.05, 3.63) is 42.0 Å². The summed E-state index contributed by atoms with van der Waals surface area (Å²) in [5, 5.41) is 16.2. The molecule has 0 aliphatic carbocycles. The molecular formula is C16H19N7. The first kappa shape index (κ1) is 13.9. The van der Waals surface area contributed by atoms with E-state index in [0.29, 0.717) is 5.92 Å². The quantitative estimate of drug-likeness (QED) is 0.791. The average molecular weight is 309 g/mol. The maximum absolute atomic E-state index is 4.43. The largest absolute Gasteiger partial charge is 0.368 e. The van der Waals surface area contributed by atoms with E-state index in [1.165, 1.54) is 0 Å². The van der Waals surface area contributed by atoms with Gasteiger partial charge in [0.25, 0.3) is 0 Å². The van der Waals surface area contributed by atoms with Gasteiger partial charge >= 0.3 is 0 Å². The van der Waals surface area contributed by atoms with Crippen LogP contribution in [-0.4, -0.2) is 44.4 Å². The molecule has 118 valence electrons. The van der Waals surface area contributed by atoms with Gasteiger partial charge in [-0.2, -0.15) is 10.2 Å². The highest BCUT2D eigenvalue weighted by molar-refractivity contribution is 5.67. The summed E-state index contributed by atoms with van der Waals surface area (Å²) in [6.45, 7) is 6.82. The first-order valence-corrected chi connectivity index (χ1v) is 7.79. The molecule has 0 unspecified atom stereocenters. The van der Waals surface area contributed by atoms with E-state index >= 15 is 0 Å². The number of hydrogen-bond acceptors (Lipinski definition) is 6. The van der Waals surface area contributed by atoms with Gasteiger partial charge in [0.15, 0.2) is 11.6 Å². The van der Waals surface area contributed by atoms with Gasteiger partial charge in [0.2, 0.25) is 0 Å². The Kier molecular flexibility index (Phi) is 3.33. The fourth-order valence-corrected chi connectivity index (χ4v) is 2.87. The molecule has 1 N–H and O–H groups in total. The van der Waals surface area contributed by atoms with Crippen LogP contribution in [-0.2, 0) is 0 Å². The number of hydrogen-bond donors (Lipinski definition) is 1. The van der Waals surface area contributed by atoms with Gasteiger partial charge in [-0.15, -0.1) is 5.10 Å². The van der Waals surface area contributed by atoms with Crippen molar-refractivity contribution in [2.24, 2.45) is 5.92 Å². The lowest BCUT2D eigenvalue weighted by atomic mass is 10.0. The molecule has 0 atom stereocenters. The average Bonchev–Trinajstić information content (AvgIpc) is 2.88. The molecule has 0 bridgehead atoms. The molecule has 3 aromatic rings. The third-order valence-electron chi connectivity index (χ3n) is 4.14. The summed E-state index contributed by atoms with van der Waals surface area (Å²) < 4.78 is 1.86. The van der Waals surface area contributed by atoms with E-state index < -0.39 is 0 Å². The first-order chi connectivity index (χ1) is 11.2. The Hall–Kier alpha value is -2.70. The SMILES string of the molecule is Cc1ccc(N2CC(CNc3nccn4nc(C)cc34)C2)nn1. The van der Waals surface area contributed by atoms with E-state index in [1.807, 2.05) is 42.8 Å². The number of aromatic nitrogens is 5. The predicted molar refractivity (Wildman–Crippen MR) is 88.7 cm³/mol. The van der Waals surface area contributed by atoms with Crippen LogP contribution in [0.4, 0.5) is 11.6 Å². The molecular weight excluding hydrogens is 290 g/mol. The van der Waals surface area contributed by atoms with Crippen molar-refractivity contribution in [3.8, 4) is 0 Å². The molecule has 4 heterocycles. The molecule has 23 heavy (non-hydrogen) atoms. The molecule has 1 aliphatic heterocycles. The summed E-state index contributed by atoms with van der Waals surface area (Å²) in [4.78, 5) is 6.68. The topological polar surface area (TPSA) is 71.2 Å². The number of aryl methyl sites for hydroxylation is 2. The minimum absolute atomic E-state index is 0.587. The van der Waals surface area contributed by atoms with Gasteiger partial charge in [0.1, 0.15) is 5.52 Å². The number of rotatable bonds is 4. The van der Waals surface area contributed by atoms with Crippen LogP contribution in [0.2, 0.25) is 0 Å². The molecule has 0 aromatic carbocycles. The second kappa shape index (κ2) is 5.49.